The van der Waals surface area contributed by atoms with E-state index in [0.717, 1.165) is 16.5 Å². The molecule has 0 radical (unpaired) electrons. The van der Waals surface area contributed by atoms with Crippen LogP contribution in [-0.2, 0) is 25.5 Å². The maximum Gasteiger partial charge on any atom is 0.328 e. The lowest BCUT2D eigenvalue weighted by atomic mass is 10.0. The number of benzene rings is 1. The summed E-state index contributed by atoms with van der Waals surface area (Å²) in [5, 5.41) is 20.4. The summed E-state index contributed by atoms with van der Waals surface area (Å²) in [5.41, 5.74) is 1.67. The number of para-hydroxylation sites is 1. The van der Waals surface area contributed by atoms with Gasteiger partial charge in [0.1, 0.15) is 12.1 Å². The third-order valence-electron chi connectivity index (χ3n) is 4.03. The van der Waals surface area contributed by atoms with Gasteiger partial charge in [-0.1, -0.05) is 18.2 Å². The van der Waals surface area contributed by atoms with E-state index in [1.54, 1.807) is 6.20 Å². The van der Waals surface area contributed by atoms with Gasteiger partial charge in [-0.3, -0.25) is 9.59 Å². The van der Waals surface area contributed by atoms with E-state index in [1.165, 1.54) is 7.11 Å². The Morgan fingerprint density at radius 1 is 1.35 bits per heavy atom. The summed E-state index contributed by atoms with van der Waals surface area (Å²) >= 11 is 0. The van der Waals surface area contributed by atoms with Crippen molar-refractivity contribution in [3.05, 3.63) is 36.0 Å². The normalized spacial score (nSPS) is 13.0. The van der Waals surface area contributed by atoms with Gasteiger partial charge in [0.15, 0.2) is 5.78 Å². The molecule has 8 nitrogen and oxygen atoms in total. The van der Waals surface area contributed by atoms with Crippen molar-refractivity contribution in [2.75, 3.05) is 7.11 Å². The van der Waals surface area contributed by atoms with Crippen molar-refractivity contribution >= 4 is 34.8 Å². The van der Waals surface area contributed by atoms with Gasteiger partial charge in [-0.05, 0) is 18.1 Å². The van der Waals surface area contributed by atoms with Gasteiger partial charge in [0.25, 0.3) is 0 Å². The number of hydrogen-bond donors (Lipinski definition) is 4. The Kier molecular flexibility index (Phi) is 6.62. The molecule has 0 saturated heterocycles. The maximum absolute atomic E-state index is 12.2. The molecule has 0 fully saturated rings. The Morgan fingerprint density at radius 3 is 2.77 bits per heavy atom. The third-order valence-corrected chi connectivity index (χ3v) is 4.03. The van der Waals surface area contributed by atoms with Crippen molar-refractivity contribution in [1.82, 2.24) is 10.3 Å². The summed E-state index contributed by atoms with van der Waals surface area (Å²) in [4.78, 5) is 38.3. The second kappa shape index (κ2) is 8.91. The van der Waals surface area contributed by atoms with Gasteiger partial charge in [-0.15, -0.1) is 0 Å². The first kappa shape index (κ1) is 19.3. The van der Waals surface area contributed by atoms with Gasteiger partial charge in [0.2, 0.25) is 5.91 Å². The number of amides is 1. The number of H-pyrrole nitrogens is 1. The van der Waals surface area contributed by atoms with E-state index in [0.29, 0.717) is 6.21 Å². The van der Waals surface area contributed by atoms with E-state index in [1.807, 2.05) is 24.3 Å². The topological polar surface area (TPSA) is 132 Å². The molecule has 0 bridgehead atoms. The molecule has 4 N–H and O–H groups in total. The van der Waals surface area contributed by atoms with Crippen LogP contribution >= 0.6 is 0 Å². The molecule has 1 aromatic carbocycles. The molecule has 1 heterocycles. The van der Waals surface area contributed by atoms with E-state index in [9.17, 15) is 19.5 Å². The van der Waals surface area contributed by atoms with E-state index < -0.39 is 29.8 Å². The van der Waals surface area contributed by atoms with Gasteiger partial charge < -0.3 is 25.6 Å². The Labute approximate surface area is 150 Å². The Morgan fingerprint density at radius 2 is 2.08 bits per heavy atom. The Hall–Kier alpha value is -3.00. The van der Waals surface area contributed by atoms with Crippen LogP contribution in [0.3, 0.4) is 0 Å². The highest BCUT2D eigenvalue weighted by molar-refractivity contribution is 6.26. The van der Waals surface area contributed by atoms with Crippen molar-refractivity contribution in [2.24, 2.45) is 0 Å². The molecule has 1 aromatic heterocycles. The molecule has 1 amide bonds. The molecule has 0 aliphatic rings. The summed E-state index contributed by atoms with van der Waals surface area (Å²) in [6.07, 6.45) is 1.00. The Balaban J connectivity index is 2.01. The number of carbonyl (C=O) groups is 3. The van der Waals surface area contributed by atoms with E-state index in [2.05, 4.69) is 15.0 Å². The number of Topliss-reactive ketones (excluding diaryl/α,β-unsaturated/α-hetero) is 1. The first-order valence-corrected chi connectivity index (χ1v) is 8.10. The Bertz CT molecular complexity index is 814. The van der Waals surface area contributed by atoms with Crippen molar-refractivity contribution in [3.8, 4) is 0 Å². The molecule has 138 valence electrons. The smallest absolute Gasteiger partial charge is 0.328 e. The van der Waals surface area contributed by atoms with Crippen LogP contribution in [0.5, 0.6) is 0 Å². The fourth-order valence-corrected chi connectivity index (χ4v) is 2.62. The molecule has 0 saturated carbocycles. The molecule has 2 aromatic rings. The molecule has 26 heavy (non-hydrogen) atoms. The highest BCUT2D eigenvalue weighted by Gasteiger charge is 2.26. The molecule has 2 rings (SSSR count). The number of hydrogen-bond acceptors (Lipinski definition) is 6. The number of nitrogens with one attached hydrogen (secondary N) is 3. The predicted molar refractivity (Wildman–Crippen MR) is 95.0 cm³/mol. The second-order valence-electron chi connectivity index (χ2n) is 5.81. The molecule has 0 aliphatic heterocycles. The van der Waals surface area contributed by atoms with Gasteiger partial charge in [0, 0.05) is 29.9 Å². The average Bonchev–Trinajstić information content (AvgIpc) is 3.06. The van der Waals surface area contributed by atoms with Crippen LogP contribution in [0.2, 0.25) is 0 Å². The third kappa shape index (κ3) is 4.76. The minimum atomic E-state index is -1.36. The number of ether oxygens (including phenoxy) is 1. The summed E-state index contributed by atoms with van der Waals surface area (Å²) in [5.74, 6) is -1.91. The number of aromatic amines is 1. The second-order valence-corrected chi connectivity index (χ2v) is 5.81. The zero-order chi connectivity index (χ0) is 19.1. The first-order valence-electron chi connectivity index (χ1n) is 8.10. The number of fused-ring (bicyclic) bond motifs is 1. The number of aliphatic hydroxyl groups excluding tert-OH is 1. The standard InChI is InChI=1S/C18H21N3O5/c1-26-18(25)15(7-6-12(22)9-19)21-17(24)16(23)8-11-10-20-14-5-3-2-4-13(11)14/h2-5,9-10,15-16,19-20,23H,6-8H2,1H3,(H,21,24)/t15-,16-/m0/s1. The predicted octanol–water partition coefficient (Wildman–Crippen LogP) is 0.728. The minimum absolute atomic E-state index is 0.00751. The molecular weight excluding hydrogens is 338 g/mol. The van der Waals surface area contributed by atoms with Crippen molar-refractivity contribution in [3.63, 3.8) is 0 Å². The van der Waals surface area contributed by atoms with Crippen LogP contribution in [-0.4, -0.2) is 53.2 Å². The fraction of sp³-hybridized carbons (Fsp3) is 0.333. The SMILES string of the molecule is COC(=O)[C@H](CCC(=O)C=N)NC(=O)[C@@H](O)Cc1c[nH]c2ccccc12. The van der Waals surface area contributed by atoms with Gasteiger partial charge in [0.05, 0.1) is 13.3 Å². The number of aliphatic hydroxyl groups is 1. The van der Waals surface area contributed by atoms with Gasteiger partial charge in [-0.2, -0.15) is 0 Å². The van der Waals surface area contributed by atoms with E-state index in [-0.39, 0.29) is 19.3 Å². The molecule has 0 aliphatic carbocycles. The zero-order valence-corrected chi connectivity index (χ0v) is 14.3. The highest BCUT2D eigenvalue weighted by atomic mass is 16.5. The zero-order valence-electron chi connectivity index (χ0n) is 14.3. The number of carbonyl (C=O) groups excluding carboxylic acids is 3. The number of aromatic nitrogens is 1. The van der Waals surface area contributed by atoms with Crippen molar-refractivity contribution in [2.45, 2.75) is 31.4 Å². The van der Waals surface area contributed by atoms with Crippen LogP contribution in [0, 0.1) is 5.41 Å². The molecule has 0 unspecified atom stereocenters. The summed E-state index contributed by atoms with van der Waals surface area (Å²) in [6.45, 7) is 0. The van der Waals surface area contributed by atoms with Crippen LogP contribution < -0.4 is 5.32 Å². The fourth-order valence-electron chi connectivity index (χ4n) is 2.62. The van der Waals surface area contributed by atoms with Crippen LogP contribution in [0.4, 0.5) is 0 Å². The number of ketones is 1. The molecular formula is C18H21N3O5. The minimum Gasteiger partial charge on any atom is -0.467 e. The first-order chi connectivity index (χ1) is 12.5. The summed E-state index contributed by atoms with van der Waals surface area (Å²) < 4.78 is 4.61. The van der Waals surface area contributed by atoms with Gasteiger partial charge in [-0.25, -0.2) is 4.79 Å². The monoisotopic (exact) mass is 359 g/mol. The molecule has 8 heteroatoms. The number of esters is 1. The quantitative estimate of drug-likeness (QED) is 0.387. The van der Waals surface area contributed by atoms with Crippen LogP contribution in [0.15, 0.2) is 30.5 Å². The van der Waals surface area contributed by atoms with E-state index in [4.69, 9.17) is 5.41 Å². The van der Waals surface area contributed by atoms with E-state index >= 15 is 0 Å². The van der Waals surface area contributed by atoms with Crippen molar-refractivity contribution < 1.29 is 24.2 Å². The lowest BCUT2D eigenvalue weighted by molar-refractivity contribution is -0.146. The maximum atomic E-state index is 12.2. The van der Waals surface area contributed by atoms with Crippen molar-refractivity contribution in [1.29, 1.82) is 5.41 Å². The number of rotatable bonds is 9. The summed E-state index contributed by atoms with van der Waals surface area (Å²) in [7, 11) is 1.17. The summed E-state index contributed by atoms with van der Waals surface area (Å²) in [6, 6.07) is 6.45. The molecule has 0 spiro atoms. The average molecular weight is 359 g/mol. The number of methoxy groups -OCH3 is 1. The largest absolute Gasteiger partial charge is 0.467 e. The lowest BCUT2D eigenvalue weighted by Crippen LogP contribution is -2.46. The lowest BCUT2D eigenvalue weighted by Gasteiger charge is -2.18. The van der Waals surface area contributed by atoms with Crippen LogP contribution in [0.1, 0.15) is 18.4 Å². The van der Waals surface area contributed by atoms with Gasteiger partial charge >= 0.3 is 5.97 Å². The van der Waals surface area contributed by atoms with Crippen LogP contribution in [0.25, 0.3) is 10.9 Å². The highest BCUT2D eigenvalue weighted by Crippen LogP contribution is 2.19. The molecule has 2 atom stereocenters.